The number of fused-ring (bicyclic) bond motifs is 1. The number of nitrogens with zero attached hydrogens (tertiary/aromatic N) is 3. The summed E-state index contributed by atoms with van der Waals surface area (Å²) in [4.78, 5) is 23.4. The molecule has 1 fully saturated rings. The Balaban J connectivity index is 1.32. The predicted octanol–water partition coefficient (Wildman–Crippen LogP) is 2.92. The highest BCUT2D eigenvalue weighted by Gasteiger charge is 2.31. The quantitative estimate of drug-likeness (QED) is 0.874. The molecule has 2 aromatic rings. The molecule has 6 heteroatoms. The van der Waals surface area contributed by atoms with Gasteiger partial charge in [-0.05, 0) is 50.2 Å². The summed E-state index contributed by atoms with van der Waals surface area (Å²) in [6.07, 6.45) is 4.77. The van der Waals surface area contributed by atoms with Gasteiger partial charge >= 0.3 is 0 Å². The second kappa shape index (κ2) is 7.55. The van der Waals surface area contributed by atoms with E-state index < -0.39 is 0 Å². The highest BCUT2D eigenvalue weighted by molar-refractivity contribution is 5.79. The summed E-state index contributed by atoms with van der Waals surface area (Å²) in [5, 5.41) is 3.46. The average Bonchev–Trinajstić information content (AvgIpc) is 2.67. The van der Waals surface area contributed by atoms with E-state index >= 15 is 0 Å². The van der Waals surface area contributed by atoms with E-state index in [-0.39, 0.29) is 5.92 Å². The van der Waals surface area contributed by atoms with Crippen molar-refractivity contribution in [1.82, 2.24) is 14.9 Å². The number of aryl methyl sites for hydroxylation is 1. The van der Waals surface area contributed by atoms with Gasteiger partial charge in [-0.25, -0.2) is 4.98 Å². The summed E-state index contributed by atoms with van der Waals surface area (Å²) < 4.78 is 0. The maximum absolute atomic E-state index is 13.0. The minimum absolute atomic E-state index is 0.144. The molecule has 0 unspecified atom stereocenters. The number of hydrogen-bond donors (Lipinski definition) is 2. The molecule has 1 aromatic carbocycles. The first-order chi connectivity index (χ1) is 13.1. The summed E-state index contributed by atoms with van der Waals surface area (Å²) in [5.74, 6) is 1.55. The number of anilines is 2. The van der Waals surface area contributed by atoms with Crippen LogP contribution in [0.5, 0.6) is 0 Å². The number of nitrogens with one attached hydrogen (secondary N) is 1. The molecule has 4 rings (SSSR count). The van der Waals surface area contributed by atoms with Gasteiger partial charge in [0.05, 0.1) is 0 Å². The zero-order valence-corrected chi connectivity index (χ0v) is 15.8. The lowest BCUT2D eigenvalue weighted by Crippen LogP contribution is -2.41. The molecular weight excluding hydrogens is 338 g/mol. The normalized spacial score (nSPS) is 22.2. The van der Waals surface area contributed by atoms with E-state index in [0.717, 1.165) is 56.7 Å². The number of carbonyl (C=O) groups is 1. The van der Waals surface area contributed by atoms with Gasteiger partial charge in [0.25, 0.3) is 0 Å². The fraction of sp³-hybridized carbons (Fsp3) is 0.476. The smallest absolute Gasteiger partial charge is 0.225 e. The molecule has 1 aromatic heterocycles. The van der Waals surface area contributed by atoms with E-state index in [9.17, 15) is 4.79 Å². The molecule has 0 saturated heterocycles. The maximum atomic E-state index is 13.0. The molecule has 0 bridgehead atoms. The topological polar surface area (TPSA) is 84.1 Å². The van der Waals surface area contributed by atoms with Crippen molar-refractivity contribution in [3.05, 3.63) is 47.2 Å². The summed E-state index contributed by atoms with van der Waals surface area (Å²) >= 11 is 0. The maximum Gasteiger partial charge on any atom is 0.225 e. The first-order valence-corrected chi connectivity index (χ1v) is 9.82. The van der Waals surface area contributed by atoms with Crippen LogP contribution >= 0.6 is 0 Å². The lowest BCUT2D eigenvalue weighted by molar-refractivity contribution is -0.137. The Kier molecular flexibility index (Phi) is 4.97. The van der Waals surface area contributed by atoms with Crippen LogP contribution in [0.3, 0.4) is 0 Å². The third-order valence-corrected chi connectivity index (χ3v) is 5.74. The predicted molar refractivity (Wildman–Crippen MR) is 106 cm³/mol. The molecule has 1 amide bonds. The molecule has 2 heterocycles. The standard InChI is InChI=1S/C21H27N5O/c1-14-12-19(25-21(22)23-14)24-18-8-6-16(7-9-18)20(27)26-11-10-15-4-2-3-5-17(15)13-26/h2-5,12,16,18H,6-11,13H2,1H3,(H3,22,23,24,25). The minimum Gasteiger partial charge on any atom is -0.368 e. The number of carbonyl (C=O) groups excluding carboxylic acids is 1. The van der Waals surface area contributed by atoms with Crippen LogP contribution in [0.25, 0.3) is 0 Å². The molecule has 1 aliphatic heterocycles. The fourth-order valence-corrected chi connectivity index (χ4v) is 4.30. The van der Waals surface area contributed by atoms with E-state index in [1.54, 1.807) is 0 Å². The van der Waals surface area contributed by atoms with Gasteiger partial charge in [0.15, 0.2) is 0 Å². The first kappa shape index (κ1) is 17.8. The van der Waals surface area contributed by atoms with Gasteiger partial charge in [0, 0.05) is 36.8 Å². The Hall–Kier alpha value is -2.63. The molecule has 27 heavy (non-hydrogen) atoms. The van der Waals surface area contributed by atoms with Gasteiger partial charge in [0.2, 0.25) is 11.9 Å². The molecule has 0 spiro atoms. The number of benzene rings is 1. The third kappa shape index (κ3) is 4.04. The van der Waals surface area contributed by atoms with E-state index in [1.165, 1.54) is 11.1 Å². The number of nitrogen functional groups attached to an aromatic ring is 1. The number of nitrogens with two attached hydrogens (primary N) is 1. The lowest BCUT2D eigenvalue weighted by Gasteiger charge is -2.35. The summed E-state index contributed by atoms with van der Waals surface area (Å²) in [5.41, 5.74) is 9.27. The molecule has 0 radical (unpaired) electrons. The molecule has 2 aliphatic rings. The zero-order chi connectivity index (χ0) is 18.8. The SMILES string of the molecule is Cc1cc(NC2CCC(C(=O)N3CCc4ccccc4C3)CC2)nc(N)n1. The van der Waals surface area contributed by atoms with E-state index in [2.05, 4.69) is 44.5 Å². The molecule has 142 valence electrons. The Morgan fingerprint density at radius 2 is 1.89 bits per heavy atom. The van der Waals surface area contributed by atoms with Crippen molar-refractivity contribution >= 4 is 17.7 Å². The van der Waals surface area contributed by atoms with E-state index in [4.69, 9.17) is 5.73 Å². The van der Waals surface area contributed by atoms with Crippen LogP contribution < -0.4 is 11.1 Å². The number of amides is 1. The van der Waals surface area contributed by atoms with Crippen LogP contribution in [0, 0.1) is 12.8 Å². The fourth-order valence-electron chi connectivity index (χ4n) is 4.30. The van der Waals surface area contributed by atoms with Gasteiger partial charge in [-0.2, -0.15) is 4.98 Å². The van der Waals surface area contributed by atoms with Gasteiger partial charge in [-0.15, -0.1) is 0 Å². The van der Waals surface area contributed by atoms with Gasteiger partial charge in [-0.3, -0.25) is 4.79 Å². The summed E-state index contributed by atoms with van der Waals surface area (Å²) in [7, 11) is 0. The highest BCUT2D eigenvalue weighted by Crippen LogP contribution is 2.29. The number of hydrogen-bond acceptors (Lipinski definition) is 5. The van der Waals surface area contributed by atoms with Crippen LogP contribution in [0.15, 0.2) is 30.3 Å². The van der Waals surface area contributed by atoms with Crippen molar-refractivity contribution in [3.63, 3.8) is 0 Å². The van der Waals surface area contributed by atoms with Crippen LogP contribution in [0.2, 0.25) is 0 Å². The van der Waals surface area contributed by atoms with Gasteiger partial charge in [-0.1, -0.05) is 24.3 Å². The van der Waals surface area contributed by atoms with Crippen molar-refractivity contribution in [2.45, 2.75) is 51.6 Å². The van der Waals surface area contributed by atoms with E-state index in [0.29, 0.717) is 17.9 Å². The van der Waals surface area contributed by atoms with Crippen LogP contribution in [-0.4, -0.2) is 33.4 Å². The molecule has 0 atom stereocenters. The van der Waals surface area contributed by atoms with Crippen LogP contribution in [0.4, 0.5) is 11.8 Å². The molecular formula is C21H27N5O. The average molecular weight is 365 g/mol. The van der Waals surface area contributed by atoms with Gasteiger partial charge < -0.3 is 16.0 Å². The third-order valence-electron chi connectivity index (χ3n) is 5.74. The Morgan fingerprint density at radius 1 is 1.15 bits per heavy atom. The molecule has 3 N–H and O–H groups in total. The summed E-state index contributed by atoms with van der Waals surface area (Å²) in [6, 6.07) is 10.7. The zero-order valence-electron chi connectivity index (χ0n) is 15.8. The van der Waals surface area contributed by atoms with Crippen molar-refractivity contribution in [1.29, 1.82) is 0 Å². The highest BCUT2D eigenvalue weighted by atomic mass is 16.2. The number of rotatable bonds is 3. The van der Waals surface area contributed by atoms with Crippen molar-refractivity contribution in [3.8, 4) is 0 Å². The lowest BCUT2D eigenvalue weighted by atomic mass is 9.84. The molecule has 1 aliphatic carbocycles. The van der Waals surface area contributed by atoms with Crippen molar-refractivity contribution in [2.75, 3.05) is 17.6 Å². The largest absolute Gasteiger partial charge is 0.368 e. The van der Waals surface area contributed by atoms with Crippen LogP contribution in [0.1, 0.15) is 42.5 Å². The van der Waals surface area contributed by atoms with E-state index in [1.807, 2.05) is 13.0 Å². The number of aromatic nitrogens is 2. The van der Waals surface area contributed by atoms with Gasteiger partial charge in [0.1, 0.15) is 5.82 Å². The first-order valence-electron chi connectivity index (χ1n) is 9.82. The Bertz CT molecular complexity index is 809. The monoisotopic (exact) mass is 365 g/mol. The van der Waals surface area contributed by atoms with Crippen molar-refractivity contribution in [2.24, 2.45) is 5.92 Å². The summed E-state index contributed by atoms with van der Waals surface area (Å²) in [6.45, 7) is 3.51. The Labute approximate surface area is 160 Å². The second-order valence-corrected chi connectivity index (χ2v) is 7.72. The molecule has 6 nitrogen and oxygen atoms in total. The minimum atomic E-state index is 0.144. The molecule has 1 saturated carbocycles. The van der Waals surface area contributed by atoms with Crippen LogP contribution in [-0.2, 0) is 17.8 Å². The Morgan fingerprint density at radius 3 is 2.63 bits per heavy atom. The second-order valence-electron chi connectivity index (χ2n) is 7.72. The van der Waals surface area contributed by atoms with Crippen molar-refractivity contribution < 1.29 is 4.79 Å².